The number of likely N-dealkylation sites (tertiary alicyclic amines) is 1. The van der Waals surface area contributed by atoms with Gasteiger partial charge in [-0.1, -0.05) is 13.8 Å². The van der Waals surface area contributed by atoms with Gasteiger partial charge in [-0.15, -0.1) is 0 Å². The van der Waals surface area contributed by atoms with Crippen LogP contribution >= 0.6 is 0 Å². The van der Waals surface area contributed by atoms with Crippen LogP contribution in [0.4, 0.5) is 4.39 Å². The van der Waals surface area contributed by atoms with Crippen molar-refractivity contribution in [1.82, 2.24) is 9.88 Å². The minimum Gasteiger partial charge on any atom is -0.360 e. The zero-order valence-electron chi connectivity index (χ0n) is 12.5. The van der Waals surface area contributed by atoms with Gasteiger partial charge in [0.15, 0.2) is 5.78 Å². The third kappa shape index (κ3) is 3.00. The van der Waals surface area contributed by atoms with Crippen molar-refractivity contribution in [2.75, 3.05) is 19.6 Å². The smallest absolute Gasteiger partial charge is 0.178 e. The molecule has 3 rings (SSSR count). The monoisotopic (exact) mass is 288 g/mol. The quantitative estimate of drug-likeness (QED) is 0.878. The van der Waals surface area contributed by atoms with Crippen LogP contribution in [-0.4, -0.2) is 35.3 Å². The molecule has 0 amide bonds. The van der Waals surface area contributed by atoms with Gasteiger partial charge in [0.25, 0.3) is 0 Å². The van der Waals surface area contributed by atoms with Crippen LogP contribution in [0.2, 0.25) is 0 Å². The van der Waals surface area contributed by atoms with Crippen molar-refractivity contribution in [2.24, 2.45) is 11.8 Å². The van der Waals surface area contributed by atoms with Gasteiger partial charge in [0.1, 0.15) is 5.82 Å². The van der Waals surface area contributed by atoms with Crippen molar-refractivity contribution in [3.05, 3.63) is 35.8 Å². The molecule has 0 bridgehead atoms. The SMILES string of the molecule is C[C@@H]1C[C@H](C)CN(CC(=O)c2c[nH]c3ccc(F)cc23)C1. The molecule has 1 fully saturated rings. The predicted octanol–water partition coefficient (Wildman–Crippen LogP) is 3.47. The Morgan fingerprint density at radius 1 is 1.33 bits per heavy atom. The molecule has 1 aliphatic heterocycles. The molecule has 0 radical (unpaired) electrons. The number of hydrogen-bond acceptors (Lipinski definition) is 2. The fourth-order valence-corrected chi connectivity index (χ4v) is 3.53. The predicted molar refractivity (Wildman–Crippen MR) is 82.0 cm³/mol. The van der Waals surface area contributed by atoms with Gasteiger partial charge in [-0.25, -0.2) is 4.39 Å². The molecule has 1 aliphatic rings. The molecule has 0 unspecified atom stereocenters. The van der Waals surface area contributed by atoms with E-state index in [4.69, 9.17) is 0 Å². The van der Waals surface area contributed by atoms with Crippen LogP contribution < -0.4 is 0 Å². The van der Waals surface area contributed by atoms with E-state index < -0.39 is 0 Å². The molecule has 0 aliphatic carbocycles. The maximum Gasteiger partial charge on any atom is 0.178 e. The maximum absolute atomic E-state index is 13.4. The first-order valence-corrected chi connectivity index (χ1v) is 7.55. The lowest BCUT2D eigenvalue weighted by Gasteiger charge is -2.34. The van der Waals surface area contributed by atoms with Crippen molar-refractivity contribution in [2.45, 2.75) is 20.3 Å². The van der Waals surface area contributed by atoms with Gasteiger partial charge in [0.2, 0.25) is 0 Å². The number of H-pyrrole nitrogens is 1. The van der Waals surface area contributed by atoms with E-state index in [1.165, 1.54) is 18.6 Å². The second kappa shape index (κ2) is 5.60. The Bertz CT molecular complexity index is 654. The van der Waals surface area contributed by atoms with Crippen molar-refractivity contribution >= 4 is 16.7 Å². The molecular weight excluding hydrogens is 267 g/mol. The summed E-state index contributed by atoms with van der Waals surface area (Å²) in [7, 11) is 0. The third-order valence-corrected chi connectivity index (χ3v) is 4.26. The van der Waals surface area contributed by atoms with Crippen molar-refractivity contribution < 1.29 is 9.18 Å². The van der Waals surface area contributed by atoms with E-state index in [-0.39, 0.29) is 11.6 Å². The second-order valence-electron chi connectivity index (χ2n) is 6.46. The molecule has 1 N–H and O–H groups in total. The standard InChI is InChI=1S/C17H21FN2O/c1-11-5-12(2)9-20(8-11)10-17(21)15-7-19-16-4-3-13(18)6-14(15)16/h3-4,6-7,11-12,19H,5,8-10H2,1-2H3/t11-,12+. The Morgan fingerprint density at radius 2 is 2.05 bits per heavy atom. The number of carbonyl (C=O) groups excluding carboxylic acids is 1. The zero-order chi connectivity index (χ0) is 15.0. The number of nitrogens with zero attached hydrogens (tertiary/aromatic N) is 1. The summed E-state index contributed by atoms with van der Waals surface area (Å²) in [6.07, 6.45) is 2.92. The van der Waals surface area contributed by atoms with Gasteiger partial charge in [-0.2, -0.15) is 0 Å². The molecule has 1 aromatic heterocycles. The van der Waals surface area contributed by atoms with E-state index >= 15 is 0 Å². The molecule has 2 aromatic rings. The average Bonchev–Trinajstić information content (AvgIpc) is 2.80. The molecule has 2 atom stereocenters. The molecule has 1 saturated heterocycles. The number of ketones is 1. The minimum atomic E-state index is -0.309. The summed E-state index contributed by atoms with van der Waals surface area (Å²) in [4.78, 5) is 17.8. The highest BCUT2D eigenvalue weighted by molar-refractivity contribution is 6.08. The summed E-state index contributed by atoms with van der Waals surface area (Å²) in [6, 6.07) is 4.51. The van der Waals surface area contributed by atoms with Crippen molar-refractivity contribution in [3.63, 3.8) is 0 Å². The van der Waals surface area contributed by atoms with Gasteiger partial charge in [-0.05, 0) is 36.5 Å². The Hall–Kier alpha value is -1.68. The molecule has 0 saturated carbocycles. The number of benzene rings is 1. The molecule has 4 heteroatoms. The highest BCUT2D eigenvalue weighted by Gasteiger charge is 2.24. The topological polar surface area (TPSA) is 36.1 Å². The number of carbonyl (C=O) groups is 1. The van der Waals surface area contributed by atoms with E-state index in [2.05, 4.69) is 23.7 Å². The van der Waals surface area contributed by atoms with Gasteiger partial charge in [-0.3, -0.25) is 9.69 Å². The summed E-state index contributed by atoms with van der Waals surface area (Å²) in [5.74, 6) is 1.01. The van der Waals surface area contributed by atoms with Gasteiger partial charge < -0.3 is 4.98 Å². The Balaban J connectivity index is 1.79. The second-order valence-corrected chi connectivity index (χ2v) is 6.46. The van der Waals surface area contributed by atoms with E-state index in [9.17, 15) is 9.18 Å². The highest BCUT2D eigenvalue weighted by atomic mass is 19.1. The zero-order valence-corrected chi connectivity index (χ0v) is 12.5. The first kappa shape index (κ1) is 14.3. The normalized spacial score (nSPS) is 23.6. The molecular formula is C17H21FN2O. The van der Waals surface area contributed by atoms with E-state index in [0.29, 0.717) is 29.3 Å². The summed E-state index contributed by atoms with van der Waals surface area (Å²) in [6.45, 7) is 6.81. The number of Topliss-reactive ketones (excluding diaryl/α,β-unsaturated/α-hetero) is 1. The Morgan fingerprint density at radius 3 is 2.76 bits per heavy atom. The first-order valence-electron chi connectivity index (χ1n) is 7.55. The molecule has 21 heavy (non-hydrogen) atoms. The van der Waals surface area contributed by atoms with Crippen LogP contribution in [-0.2, 0) is 0 Å². The van der Waals surface area contributed by atoms with E-state index in [1.807, 2.05) is 0 Å². The average molecular weight is 288 g/mol. The fraction of sp³-hybridized carbons (Fsp3) is 0.471. The van der Waals surface area contributed by atoms with Gasteiger partial charge in [0.05, 0.1) is 6.54 Å². The minimum absolute atomic E-state index is 0.0631. The van der Waals surface area contributed by atoms with Crippen LogP contribution in [0.5, 0.6) is 0 Å². The van der Waals surface area contributed by atoms with Crippen LogP contribution in [0.3, 0.4) is 0 Å². The first-order chi connectivity index (χ1) is 10.0. The lowest BCUT2D eigenvalue weighted by atomic mass is 9.91. The van der Waals surface area contributed by atoms with Crippen LogP contribution in [0.15, 0.2) is 24.4 Å². The number of nitrogens with one attached hydrogen (secondary N) is 1. The van der Waals surface area contributed by atoms with E-state index in [1.54, 1.807) is 12.3 Å². The third-order valence-electron chi connectivity index (χ3n) is 4.26. The molecule has 112 valence electrons. The number of aromatic nitrogens is 1. The number of rotatable bonds is 3. The Labute approximate surface area is 124 Å². The maximum atomic E-state index is 13.4. The lowest BCUT2D eigenvalue weighted by Crippen LogP contribution is -2.41. The number of hydrogen-bond donors (Lipinski definition) is 1. The van der Waals surface area contributed by atoms with Crippen molar-refractivity contribution in [3.8, 4) is 0 Å². The number of piperidine rings is 1. The van der Waals surface area contributed by atoms with Crippen LogP contribution in [0.25, 0.3) is 10.9 Å². The van der Waals surface area contributed by atoms with Gasteiger partial charge in [0, 0.05) is 35.8 Å². The summed E-state index contributed by atoms with van der Waals surface area (Å²) in [5, 5.41) is 0.679. The molecule has 2 heterocycles. The molecule has 3 nitrogen and oxygen atoms in total. The lowest BCUT2D eigenvalue weighted by molar-refractivity contribution is 0.0851. The fourth-order valence-electron chi connectivity index (χ4n) is 3.53. The highest BCUT2D eigenvalue weighted by Crippen LogP contribution is 2.23. The summed E-state index contributed by atoms with van der Waals surface area (Å²) >= 11 is 0. The summed E-state index contributed by atoms with van der Waals surface area (Å²) in [5.41, 5.74) is 1.40. The number of aromatic amines is 1. The van der Waals surface area contributed by atoms with Crippen molar-refractivity contribution in [1.29, 1.82) is 0 Å². The molecule has 0 spiro atoms. The van der Waals surface area contributed by atoms with Crippen LogP contribution in [0, 0.1) is 17.7 Å². The Kier molecular flexibility index (Phi) is 3.81. The van der Waals surface area contributed by atoms with E-state index in [0.717, 1.165) is 18.6 Å². The number of halogens is 1. The molecule has 1 aromatic carbocycles. The van der Waals surface area contributed by atoms with Gasteiger partial charge >= 0.3 is 0 Å². The largest absolute Gasteiger partial charge is 0.360 e. The van der Waals surface area contributed by atoms with Crippen LogP contribution in [0.1, 0.15) is 30.6 Å². The number of fused-ring (bicyclic) bond motifs is 1. The summed E-state index contributed by atoms with van der Waals surface area (Å²) < 4.78 is 13.4.